The van der Waals surface area contributed by atoms with Crippen LogP contribution >= 0.6 is 11.6 Å². The molecule has 0 heterocycles. The summed E-state index contributed by atoms with van der Waals surface area (Å²) >= 11 is 6.25. The molecule has 3 rings (SSSR count). The van der Waals surface area contributed by atoms with Gasteiger partial charge in [-0.05, 0) is 42.3 Å². The summed E-state index contributed by atoms with van der Waals surface area (Å²) in [4.78, 5) is 4.69. The van der Waals surface area contributed by atoms with E-state index in [0.29, 0.717) is 39.9 Å². The maximum absolute atomic E-state index is 13.9. The minimum Gasteiger partial charge on any atom is -0.398 e. The molecule has 3 N–H and O–H groups in total. The minimum atomic E-state index is -0.283. The Labute approximate surface area is 169 Å². The van der Waals surface area contributed by atoms with E-state index in [2.05, 4.69) is 16.9 Å². The van der Waals surface area contributed by atoms with E-state index in [9.17, 15) is 4.39 Å². The van der Waals surface area contributed by atoms with Gasteiger partial charge >= 0.3 is 0 Å². The van der Waals surface area contributed by atoms with Gasteiger partial charge in [0.05, 0.1) is 6.54 Å². The minimum absolute atomic E-state index is 0.283. The second-order valence-corrected chi connectivity index (χ2v) is 6.77. The van der Waals surface area contributed by atoms with Crippen LogP contribution in [0.25, 0.3) is 5.70 Å². The number of nitrogens with one attached hydrogen (secondary N) is 1. The van der Waals surface area contributed by atoms with Gasteiger partial charge in [0.15, 0.2) is 0 Å². The second kappa shape index (κ2) is 8.72. The Morgan fingerprint density at radius 1 is 1.04 bits per heavy atom. The van der Waals surface area contributed by atoms with Gasteiger partial charge < -0.3 is 11.1 Å². The lowest BCUT2D eigenvalue weighted by Crippen LogP contribution is -2.24. The van der Waals surface area contributed by atoms with Crippen LogP contribution < -0.4 is 11.1 Å². The number of anilines is 1. The van der Waals surface area contributed by atoms with Crippen molar-refractivity contribution in [1.29, 1.82) is 0 Å². The summed E-state index contributed by atoms with van der Waals surface area (Å²) < 4.78 is 13.9. The van der Waals surface area contributed by atoms with Crippen LogP contribution in [-0.4, -0.2) is 5.84 Å². The van der Waals surface area contributed by atoms with Gasteiger partial charge in [0.25, 0.3) is 0 Å². The first-order chi connectivity index (χ1) is 13.5. The number of nitrogens with two attached hydrogens (primary N) is 1. The van der Waals surface area contributed by atoms with Crippen molar-refractivity contribution in [2.24, 2.45) is 4.99 Å². The molecule has 0 spiro atoms. The number of rotatable bonds is 5. The van der Waals surface area contributed by atoms with Crippen molar-refractivity contribution in [3.8, 4) is 0 Å². The number of para-hydroxylation sites is 1. The van der Waals surface area contributed by atoms with Gasteiger partial charge in [0, 0.05) is 27.5 Å². The molecule has 0 unspecified atom stereocenters. The quantitative estimate of drug-likeness (QED) is 0.338. The van der Waals surface area contributed by atoms with E-state index in [1.807, 2.05) is 48.5 Å². The van der Waals surface area contributed by atoms with Gasteiger partial charge in [-0.3, -0.25) is 4.99 Å². The fourth-order valence-corrected chi connectivity index (χ4v) is 3.04. The SMILES string of the molecule is C=C(NC(=NCc1ccccc1Cl)c1ccccc1N)c1cccc(F)c1C. The van der Waals surface area contributed by atoms with Crippen LogP contribution in [0.4, 0.5) is 10.1 Å². The molecule has 0 bridgehead atoms. The van der Waals surface area contributed by atoms with E-state index in [1.165, 1.54) is 6.07 Å². The van der Waals surface area contributed by atoms with Gasteiger partial charge in [-0.1, -0.05) is 60.6 Å². The second-order valence-electron chi connectivity index (χ2n) is 6.36. The van der Waals surface area contributed by atoms with Crippen LogP contribution in [0.2, 0.25) is 5.02 Å². The Morgan fingerprint density at radius 3 is 2.46 bits per heavy atom. The predicted octanol–water partition coefficient (Wildman–Crippen LogP) is 5.58. The molecule has 3 aromatic carbocycles. The average Bonchev–Trinajstić information content (AvgIpc) is 2.69. The van der Waals surface area contributed by atoms with Crippen LogP contribution in [0.5, 0.6) is 0 Å². The Bertz CT molecular complexity index is 1040. The van der Waals surface area contributed by atoms with Crippen molar-refractivity contribution in [2.45, 2.75) is 13.5 Å². The number of nitrogen functional groups attached to an aromatic ring is 1. The molecular weight excluding hydrogens is 373 g/mol. The van der Waals surface area contributed by atoms with E-state index >= 15 is 0 Å². The molecule has 0 saturated carbocycles. The highest BCUT2D eigenvalue weighted by Crippen LogP contribution is 2.21. The number of hydrogen-bond acceptors (Lipinski definition) is 2. The van der Waals surface area contributed by atoms with E-state index in [0.717, 1.165) is 11.1 Å². The lowest BCUT2D eigenvalue weighted by atomic mass is 10.1. The standard InChI is InChI=1S/C23H21ClFN3/c1-15-18(10-7-12-21(15)25)16(2)28-23(19-9-4-6-13-22(19)26)27-14-17-8-3-5-11-20(17)24/h3-13H,2,14,26H2,1H3,(H,27,28). The highest BCUT2D eigenvalue weighted by atomic mass is 35.5. The third-order valence-electron chi connectivity index (χ3n) is 4.44. The van der Waals surface area contributed by atoms with Crippen LogP contribution in [0.1, 0.15) is 22.3 Å². The van der Waals surface area contributed by atoms with E-state index in [-0.39, 0.29) is 5.82 Å². The summed E-state index contributed by atoms with van der Waals surface area (Å²) in [5.41, 5.74) is 10.1. The van der Waals surface area contributed by atoms with Gasteiger partial charge in [0.1, 0.15) is 11.7 Å². The summed E-state index contributed by atoms with van der Waals surface area (Å²) in [5, 5.41) is 3.86. The zero-order valence-corrected chi connectivity index (χ0v) is 16.3. The monoisotopic (exact) mass is 393 g/mol. The first-order valence-electron chi connectivity index (χ1n) is 8.81. The van der Waals surface area contributed by atoms with Crippen LogP contribution in [0.3, 0.4) is 0 Å². The Hall–Kier alpha value is -3.11. The molecule has 28 heavy (non-hydrogen) atoms. The molecule has 0 amide bonds. The highest BCUT2D eigenvalue weighted by molar-refractivity contribution is 6.31. The first kappa shape index (κ1) is 19.6. The molecule has 0 aliphatic heterocycles. The Kier molecular flexibility index (Phi) is 6.12. The highest BCUT2D eigenvalue weighted by Gasteiger charge is 2.12. The summed E-state index contributed by atoms with van der Waals surface area (Å²) in [6.45, 7) is 6.15. The van der Waals surface area contributed by atoms with Crippen molar-refractivity contribution in [3.63, 3.8) is 0 Å². The molecule has 0 aliphatic carbocycles. The Balaban J connectivity index is 1.96. The molecule has 0 atom stereocenters. The third-order valence-corrected chi connectivity index (χ3v) is 4.81. The average molecular weight is 394 g/mol. The van der Waals surface area contributed by atoms with Gasteiger partial charge in [0.2, 0.25) is 0 Å². The maximum atomic E-state index is 13.9. The van der Waals surface area contributed by atoms with Crippen LogP contribution in [0, 0.1) is 12.7 Å². The molecule has 3 aromatic rings. The molecule has 0 aromatic heterocycles. The summed E-state index contributed by atoms with van der Waals surface area (Å²) in [5.74, 6) is 0.265. The van der Waals surface area contributed by atoms with Crippen LogP contribution in [0.15, 0.2) is 78.3 Å². The fourth-order valence-electron chi connectivity index (χ4n) is 2.84. The number of benzene rings is 3. The Morgan fingerprint density at radius 2 is 1.71 bits per heavy atom. The van der Waals surface area contributed by atoms with E-state index < -0.39 is 0 Å². The number of nitrogens with zero attached hydrogens (tertiary/aromatic N) is 1. The largest absolute Gasteiger partial charge is 0.398 e. The van der Waals surface area contributed by atoms with Gasteiger partial charge in [-0.25, -0.2) is 4.39 Å². The molecule has 5 heteroatoms. The fraction of sp³-hybridized carbons (Fsp3) is 0.0870. The molecular formula is C23H21ClFN3. The first-order valence-corrected chi connectivity index (χ1v) is 9.19. The zero-order chi connectivity index (χ0) is 20.1. The number of hydrogen-bond donors (Lipinski definition) is 2. The number of aliphatic imine (C=N–C) groups is 1. The number of halogens is 2. The summed E-state index contributed by atoms with van der Waals surface area (Å²) in [6.07, 6.45) is 0. The van der Waals surface area contributed by atoms with Crippen molar-refractivity contribution < 1.29 is 4.39 Å². The van der Waals surface area contributed by atoms with E-state index in [4.69, 9.17) is 17.3 Å². The van der Waals surface area contributed by atoms with Crippen molar-refractivity contribution in [2.75, 3.05) is 5.73 Å². The smallest absolute Gasteiger partial charge is 0.135 e. The topological polar surface area (TPSA) is 50.4 Å². The summed E-state index contributed by atoms with van der Waals surface area (Å²) in [7, 11) is 0. The molecule has 3 nitrogen and oxygen atoms in total. The normalized spacial score (nSPS) is 11.3. The molecule has 142 valence electrons. The lowest BCUT2D eigenvalue weighted by Gasteiger charge is -2.16. The molecule has 0 aliphatic rings. The predicted molar refractivity (Wildman–Crippen MR) is 116 cm³/mol. The van der Waals surface area contributed by atoms with Crippen molar-refractivity contribution in [3.05, 3.63) is 106 Å². The van der Waals surface area contributed by atoms with E-state index in [1.54, 1.807) is 19.1 Å². The zero-order valence-electron chi connectivity index (χ0n) is 15.5. The molecule has 0 saturated heterocycles. The molecule has 0 radical (unpaired) electrons. The maximum Gasteiger partial charge on any atom is 0.135 e. The summed E-state index contributed by atoms with van der Waals surface area (Å²) in [6, 6.07) is 19.8. The third kappa shape index (κ3) is 4.41. The lowest BCUT2D eigenvalue weighted by molar-refractivity contribution is 0.618. The molecule has 0 fully saturated rings. The van der Waals surface area contributed by atoms with Crippen molar-refractivity contribution in [1.82, 2.24) is 5.32 Å². The van der Waals surface area contributed by atoms with Crippen LogP contribution in [-0.2, 0) is 6.54 Å². The van der Waals surface area contributed by atoms with Gasteiger partial charge in [-0.2, -0.15) is 0 Å². The van der Waals surface area contributed by atoms with Gasteiger partial charge in [-0.15, -0.1) is 0 Å². The van der Waals surface area contributed by atoms with Crippen molar-refractivity contribution >= 4 is 28.8 Å². The number of amidine groups is 1.